The monoisotopic (exact) mass is 210 g/mol. The van der Waals surface area contributed by atoms with Crippen LogP contribution in [0.15, 0.2) is 36.5 Å². The van der Waals surface area contributed by atoms with Crippen molar-refractivity contribution in [3.8, 4) is 12.3 Å². The fraction of sp³-hybridized carbons (Fsp3) is 0.214. The topological polar surface area (TPSA) is 38.9 Å². The van der Waals surface area contributed by atoms with Crippen LogP contribution >= 0.6 is 0 Å². The summed E-state index contributed by atoms with van der Waals surface area (Å²) in [5, 5.41) is 1.12. The van der Waals surface area contributed by atoms with Crippen LogP contribution in [-0.4, -0.2) is 4.98 Å². The third-order valence-corrected chi connectivity index (χ3v) is 2.66. The molecule has 80 valence electrons. The number of aromatic nitrogens is 1. The Bertz CT molecular complexity index is 520. The van der Waals surface area contributed by atoms with E-state index in [1.807, 2.05) is 30.3 Å². The van der Waals surface area contributed by atoms with E-state index in [1.165, 1.54) is 0 Å². The first-order valence-electron chi connectivity index (χ1n) is 5.35. The summed E-state index contributed by atoms with van der Waals surface area (Å²) in [6.45, 7) is 0. The van der Waals surface area contributed by atoms with Crippen molar-refractivity contribution >= 4 is 10.9 Å². The van der Waals surface area contributed by atoms with Gasteiger partial charge in [-0.1, -0.05) is 24.3 Å². The van der Waals surface area contributed by atoms with Crippen molar-refractivity contribution in [2.24, 2.45) is 5.73 Å². The number of pyridine rings is 1. The molecule has 0 fully saturated rings. The number of hydrogen-bond donors (Lipinski definition) is 1. The van der Waals surface area contributed by atoms with Gasteiger partial charge >= 0.3 is 0 Å². The molecular formula is C14H14N2. The molecule has 1 unspecified atom stereocenters. The molecule has 16 heavy (non-hydrogen) atoms. The maximum absolute atomic E-state index is 6.11. The summed E-state index contributed by atoms with van der Waals surface area (Å²) < 4.78 is 0. The van der Waals surface area contributed by atoms with Gasteiger partial charge in [0.1, 0.15) is 0 Å². The van der Waals surface area contributed by atoms with Crippen molar-refractivity contribution in [2.75, 3.05) is 0 Å². The van der Waals surface area contributed by atoms with Crippen molar-refractivity contribution in [2.45, 2.75) is 18.9 Å². The van der Waals surface area contributed by atoms with Gasteiger partial charge in [0.25, 0.3) is 0 Å². The zero-order chi connectivity index (χ0) is 11.4. The van der Waals surface area contributed by atoms with Crippen LogP contribution in [0.25, 0.3) is 10.9 Å². The van der Waals surface area contributed by atoms with Crippen LogP contribution in [0.3, 0.4) is 0 Å². The van der Waals surface area contributed by atoms with E-state index in [9.17, 15) is 0 Å². The summed E-state index contributed by atoms with van der Waals surface area (Å²) in [5.41, 5.74) is 8.17. The molecular weight excluding hydrogens is 196 g/mol. The lowest BCUT2D eigenvalue weighted by Gasteiger charge is -2.12. The van der Waals surface area contributed by atoms with Crippen molar-refractivity contribution in [1.29, 1.82) is 0 Å². The number of benzene rings is 1. The summed E-state index contributed by atoms with van der Waals surface area (Å²) in [7, 11) is 0. The van der Waals surface area contributed by atoms with Gasteiger partial charge in [0.15, 0.2) is 0 Å². The summed E-state index contributed by atoms with van der Waals surface area (Å²) in [6.07, 6.45) is 8.53. The standard InChI is InChI=1S/C14H14N2/c1-2-3-9-13(15)12-8-4-6-11-7-5-10-16-14(11)12/h1,4-8,10,13H,3,9,15H2. The highest BCUT2D eigenvalue weighted by atomic mass is 14.7. The molecule has 1 aromatic carbocycles. The predicted octanol–water partition coefficient (Wildman–Crippen LogP) is 2.65. The van der Waals surface area contributed by atoms with Crippen LogP contribution in [0.1, 0.15) is 24.4 Å². The maximum atomic E-state index is 6.11. The predicted molar refractivity (Wildman–Crippen MR) is 66.7 cm³/mol. The van der Waals surface area contributed by atoms with E-state index in [0.29, 0.717) is 6.42 Å². The van der Waals surface area contributed by atoms with Crippen LogP contribution in [0.5, 0.6) is 0 Å². The number of fused-ring (bicyclic) bond motifs is 1. The SMILES string of the molecule is C#CCCC(N)c1cccc2cccnc12. The van der Waals surface area contributed by atoms with Crippen molar-refractivity contribution in [3.05, 3.63) is 42.1 Å². The van der Waals surface area contributed by atoms with Crippen molar-refractivity contribution in [1.82, 2.24) is 4.98 Å². The number of hydrogen-bond acceptors (Lipinski definition) is 2. The van der Waals surface area contributed by atoms with Gasteiger partial charge in [-0.2, -0.15) is 0 Å². The first-order chi connectivity index (χ1) is 7.83. The van der Waals surface area contributed by atoms with Crippen LogP contribution in [0.4, 0.5) is 0 Å². The fourth-order valence-corrected chi connectivity index (χ4v) is 1.82. The molecule has 2 aromatic rings. The van der Waals surface area contributed by atoms with Gasteiger partial charge in [-0.05, 0) is 18.1 Å². The van der Waals surface area contributed by atoms with Gasteiger partial charge in [0.05, 0.1) is 5.52 Å². The lowest BCUT2D eigenvalue weighted by atomic mass is 10.00. The van der Waals surface area contributed by atoms with E-state index in [2.05, 4.69) is 10.9 Å². The fourth-order valence-electron chi connectivity index (χ4n) is 1.82. The Morgan fingerprint density at radius 2 is 2.12 bits per heavy atom. The Morgan fingerprint density at radius 3 is 2.94 bits per heavy atom. The van der Waals surface area contributed by atoms with Crippen LogP contribution in [0.2, 0.25) is 0 Å². The largest absolute Gasteiger partial charge is 0.324 e. The Balaban J connectivity index is 2.40. The van der Waals surface area contributed by atoms with Gasteiger partial charge in [0, 0.05) is 24.0 Å². The average Bonchev–Trinajstić information content (AvgIpc) is 2.35. The molecule has 0 amide bonds. The maximum Gasteiger partial charge on any atom is 0.0749 e. The second kappa shape index (κ2) is 4.78. The third-order valence-electron chi connectivity index (χ3n) is 2.66. The van der Waals surface area contributed by atoms with Gasteiger partial charge in [-0.3, -0.25) is 4.98 Å². The first-order valence-corrected chi connectivity index (χ1v) is 5.35. The molecule has 1 atom stereocenters. The molecule has 0 saturated carbocycles. The average molecular weight is 210 g/mol. The lowest BCUT2D eigenvalue weighted by Crippen LogP contribution is -2.10. The quantitative estimate of drug-likeness (QED) is 0.791. The molecule has 1 heterocycles. The molecule has 0 spiro atoms. The van der Waals surface area contributed by atoms with Crippen molar-refractivity contribution < 1.29 is 0 Å². The van der Waals surface area contributed by atoms with E-state index in [-0.39, 0.29) is 6.04 Å². The van der Waals surface area contributed by atoms with Crippen molar-refractivity contribution in [3.63, 3.8) is 0 Å². The summed E-state index contributed by atoms with van der Waals surface area (Å²) >= 11 is 0. The molecule has 0 aliphatic rings. The molecule has 0 aliphatic carbocycles. The number of nitrogens with two attached hydrogens (primary N) is 1. The van der Waals surface area contributed by atoms with Crippen LogP contribution < -0.4 is 5.73 Å². The summed E-state index contributed by atoms with van der Waals surface area (Å²) in [4.78, 5) is 4.38. The van der Waals surface area contributed by atoms with Crippen LogP contribution in [0, 0.1) is 12.3 Å². The molecule has 0 aliphatic heterocycles. The van der Waals surface area contributed by atoms with Gasteiger partial charge in [-0.15, -0.1) is 12.3 Å². The van der Waals surface area contributed by atoms with Gasteiger partial charge < -0.3 is 5.73 Å². The highest BCUT2D eigenvalue weighted by Gasteiger charge is 2.09. The Morgan fingerprint density at radius 1 is 1.31 bits per heavy atom. The zero-order valence-electron chi connectivity index (χ0n) is 9.06. The highest BCUT2D eigenvalue weighted by Crippen LogP contribution is 2.23. The second-order valence-corrected chi connectivity index (χ2v) is 3.77. The minimum absolute atomic E-state index is 0.0327. The normalized spacial score (nSPS) is 12.2. The molecule has 1 aromatic heterocycles. The van der Waals surface area contributed by atoms with E-state index in [0.717, 1.165) is 22.9 Å². The second-order valence-electron chi connectivity index (χ2n) is 3.77. The van der Waals surface area contributed by atoms with E-state index < -0.39 is 0 Å². The van der Waals surface area contributed by atoms with Crippen LogP contribution in [-0.2, 0) is 0 Å². The van der Waals surface area contributed by atoms with Gasteiger partial charge in [0.2, 0.25) is 0 Å². The molecule has 0 bridgehead atoms. The molecule has 2 nitrogen and oxygen atoms in total. The highest BCUT2D eigenvalue weighted by molar-refractivity contribution is 5.81. The Kier molecular flexibility index (Phi) is 3.19. The summed E-state index contributed by atoms with van der Waals surface area (Å²) in [5.74, 6) is 2.62. The molecule has 2 rings (SSSR count). The number of para-hydroxylation sites is 1. The van der Waals surface area contributed by atoms with E-state index in [4.69, 9.17) is 12.2 Å². The minimum atomic E-state index is -0.0327. The first kappa shape index (κ1) is 10.7. The zero-order valence-corrected chi connectivity index (χ0v) is 9.06. The number of nitrogens with zero attached hydrogens (tertiary/aromatic N) is 1. The van der Waals surface area contributed by atoms with E-state index >= 15 is 0 Å². The molecule has 0 radical (unpaired) electrons. The van der Waals surface area contributed by atoms with Gasteiger partial charge in [-0.25, -0.2) is 0 Å². The number of terminal acetylenes is 1. The molecule has 2 N–H and O–H groups in total. The smallest absolute Gasteiger partial charge is 0.0749 e. The Labute approximate surface area is 95.5 Å². The lowest BCUT2D eigenvalue weighted by molar-refractivity contribution is 0.671. The molecule has 2 heteroatoms. The summed E-state index contributed by atoms with van der Waals surface area (Å²) in [6, 6.07) is 10.0. The van der Waals surface area contributed by atoms with E-state index in [1.54, 1.807) is 6.20 Å². The Hall–Kier alpha value is -1.85. The molecule has 0 saturated heterocycles. The number of rotatable bonds is 3. The minimum Gasteiger partial charge on any atom is -0.324 e. The third kappa shape index (κ3) is 2.05.